The lowest BCUT2D eigenvalue weighted by atomic mass is 10.1. The Morgan fingerprint density at radius 3 is 1.73 bits per heavy atom. The number of aliphatic carboxylic acids is 3. The number of piperazine rings is 1. The number of hydrogen-bond donors (Lipinski definition) is 3. The summed E-state index contributed by atoms with van der Waals surface area (Å²) >= 11 is 0. The van der Waals surface area contributed by atoms with Gasteiger partial charge in [0.2, 0.25) is 0 Å². The smallest absolute Gasteiger partial charge is 0.489 e. The number of ether oxygens (including phenoxy) is 1. The summed E-state index contributed by atoms with van der Waals surface area (Å²) in [5.74, 6) is -7.88. The van der Waals surface area contributed by atoms with E-state index in [4.69, 9.17) is 34.4 Å². The quantitative estimate of drug-likeness (QED) is 0.400. The highest BCUT2D eigenvalue weighted by molar-refractivity contribution is 5.73. The van der Waals surface area contributed by atoms with E-state index in [1.54, 1.807) is 6.07 Å². The van der Waals surface area contributed by atoms with Crippen molar-refractivity contribution in [1.82, 2.24) is 14.8 Å². The SMILES string of the molecule is Fc1cccc(OC2CC3CN(Cc4ccncc4)CCN3C2)c1.O=C(O)C(F)(F)F.O=C(O)C(F)(F)F.O=C(O)C(F)(F)F. The Morgan fingerprint density at radius 1 is 0.800 bits per heavy atom. The zero-order chi connectivity index (χ0) is 34.6. The molecule has 252 valence electrons. The van der Waals surface area contributed by atoms with E-state index in [1.807, 2.05) is 18.5 Å². The number of carboxylic acids is 3. The van der Waals surface area contributed by atoms with Crippen LogP contribution in [0, 0.1) is 5.82 Å². The number of alkyl halides is 9. The van der Waals surface area contributed by atoms with Crippen molar-refractivity contribution in [3.8, 4) is 5.75 Å². The average Bonchev–Trinajstić information content (AvgIpc) is 3.30. The largest absolute Gasteiger partial charge is 0.490 e. The fourth-order valence-electron chi connectivity index (χ4n) is 3.77. The lowest BCUT2D eigenvalue weighted by Gasteiger charge is -2.37. The number of carbonyl (C=O) groups is 3. The molecule has 0 aliphatic carbocycles. The van der Waals surface area contributed by atoms with E-state index in [1.165, 1.54) is 17.7 Å². The lowest BCUT2D eigenvalue weighted by Crippen LogP contribution is -2.49. The molecule has 2 saturated heterocycles. The van der Waals surface area contributed by atoms with Gasteiger partial charge in [-0.2, -0.15) is 39.5 Å². The van der Waals surface area contributed by atoms with Gasteiger partial charge in [-0.25, -0.2) is 18.8 Å². The summed E-state index contributed by atoms with van der Waals surface area (Å²) < 4.78 is 114. The molecule has 2 aromatic rings. The number of pyridine rings is 1. The number of aromatic nitrogens is 1. The normalized spacial score (nSPS) is 18.4. The van der Waals surface area contributed by atoms with Crippen LogP contribution in [-0.2, 0) is 20.9 Å². The average molecular weight is 669 g/mol. The molecule has 10 nitrogen and oxygen atoms in total. The molecule has 0 spiro atoms. The Morgan fingerprint density at radius 2 is 1.29 bits per heavy atom. The summed E-state index contributed by atoms with van der Waals surface area (Å²) in [5, 5.41) is 21.4. The van der Waals surface area contributed by atoms with Crippen molar-refractivity contribution in [1.29, 1.82) is 0 Å². The van der Waals surface area contributed by atoms with Crippen LogP contribution in [0.3, 0.4) is 0 Å². The van der Waals surface area contributed by atoms with Crippen LogP contribution in [0.15, 0.2) is 48.8 Å². The van der Waals surface area contributed by atoms with Crippen molar-refractivity contribution in [3.05, 3.63) is 60.2 Å². The van der Waals surface area contributed by atoms with Gasteiger partial charge in [-0.1, -0.05) is 6.07 Å². The number of halogens is 10. The van der Waals surface area contributed by atoms with Crippen LogP contribution < -0.4 is 4.74 Å². The first-order valence-electron chi connectivity index (χ1n) is 12.3. The fourth-order valence-corrected chi connectivity index (χ4v) is 3.77. The molecule has 45 heavy (non-hydrogen) atoms. The Labute approximate surface area is 247 Å². The topological polar surface area (TPSA) is 140 Å². The number of benzene rings is 1. The number of fused-ring (bicyclic) bond motifs is 1. The standard InChI is InChI=1S/C19H22FN3O.3C2HF3O2/c20-16-2-1-3-18(10-16)24-19-11-17-13-22(8-9-23(17)14-19)12-15-4-6-21-7-5-15;3*3-2(4,5)1(6)7/h1-7,10,17,19H,8-9,11-14H2;3*(H,6,7). The van der Waals surface area contributed by atoms with Gasteiger partial charge in [-0.3, -0.25) is 14.8 Å². The molecule has 20 heteroatoms. The van der Waals surface area contributed by atoms with Gasteiger partial charge in [0.25, 0.3) is 0 Å². The van der Waals surface area contributed by atoms with Gasteiger partial charge in [-0.05, 0) is 29.8 Å². The highest BCUT2D eigenvalue weighted by Gasteiger charge is 2.40. The Bertz CT molecular complexity index is 1190. The molecule has 3 heterocycles. The van der Waals surface area contributed by atoms with E-state index >= 15 is 0 Å². The van der Waals surface area contributed by atoms with Gasteiger partial charge in [0.05, 0.1) is 0 Å². The highest BCUT2D eigenvalue weighted by atomic mass is 19.4. The minimum Gasteiger partial charge on any atom is -0.489 e. The van der Waals surface area contributed by atoms with E-state index in [0.717, 1.165) is 39.1 Å². The molecule has 0 radical (unpaired) electrons. The first-order valence-corrected chi connectivity index (χ1v) is 12.3. The second kappa shape index (κ2) is 16.8. The Kier molecular flexibility index (Phi) is 14.5. The van der Waals surface area contributed by atoms with Crippen LogP contribution in [0.4, 0.5) is 43.9 Å². The molecule has 4 rings (SSSR count). The van der Waals surface area contributed by atoms with Gasteiger partial charge in [0.1, 0.15) is 17.7 Å². The van der Waals surface area contributed by atoms with Crippen molar-refractivity contribution in [2.45, 2.75) is 43.6 Å². The minimum absolute atomic E-state index is 0.151. The fraction of sp³-hybridized carbons (Fsp3) is 0.440. The van der Waals surface area contributed by atoms with Crippen LogP contribution in [0.25, 0.3) is 0 Å². The summed E-state index contributed by atoms with van der Waals surface area (Å²) in [7, 11) is 0. The van der Waals surface area contributed by atoms with Crippen molar-refractivity contribution >= 4 is 17.9 Å². The highest BCUT2D eigenvalue weighted by Crippen LogP contribution is 2.27. The summed E-state index contributed by atoms with van der Waals surface area (Å²) in [6.07, 6.45) is -10.4. The maximum atomic E-state index is 13.3. The van der Waals surface area contributed by atoms with Crippen LogP contribution in [-0.4, -0.2) is 105 Å². The maximum Gasteiger partial charge on any atom is 0.490 e. The molecule has 0 saturated carbocycles. The van der Waals surface area contributed by atoms with Gasteiger partial charge in [0.15, 0.2) is 0 Å². The molecule has 0 bridgehead atoms. The maximum absolute atomic E-state index is 13.3. The van der Waals surface area contributed by atoms with E-state index in [9.17, 15) is 43.9 Å². The first-order chi connectivity index (χ1) is 20.6. The molecular formula is C25H25F10N3O7. The molecular weight excluding hydrogens is 644 g/mol. The molecule has 2 unspecified atom stereocenters. The van der Waals surface area contributed by atoms with Crippen molar-refractivity contribution < 1.29 is 78.3 Å². The molecule has 1 aromatic carbocycles. The lowest BCUT2D eigenvalue weighted by molar-refractivity contribution is -0.193. The summed E-state index contributed by atoms with van der Waals surface area (Å²) in [6, 6.07) is 11.1. The molecule has 0 amide bonds. The Hall–Kier alpha value is -4.20. The van der Waals surface area contributed by atoms with E-state index < -0.39 is 36.4 Å². The second-order valence-corrected chi connectivity index (χ2v) is 9.08. The summed E-state index contributed by atoms with van der Waals surface area (Å²) in [4.78, 5) is 35.8. The van der Waals surface area contributed by atoms with Crippen LogP contribution in [0.1, 0.15) is 12.0 Å². The van der Waals surface area contributed by atoms with Gasteiger partial charge >= 0.3 is 36.4 Å². The molecule has 3 N–H and O–H groups in total. The summed E-state index contributed by atoms with van der Waals surface area (Å²) in [5.41, 5.74) is 1.31. The van der Waals surface area contributed by atoms with E-state index in [0.29, 0.717) is 11.8 Å². The molecule has 2 aliphatic rings. The minimum atomic E-state index is -5.08. The third kappa shape index (κ3) is 15.4. The Balaban J connectivity index is 0.000000396. The van der Waals surface area contributed by atoms with Crippen LogP contribution in [0.2, 0.25) is 0 Å². The van der Waals surface area contributed by atoms with Crippen molar-refractivity contribution in [3.63, 3.8) is 0 Å². The van der Waals surface area contributed by atoms with Crippen LogP contribution >= 0.6 is 0 Å². The monoisotopic (exact) mass is 669 g/mol. The molecule has 2 fully saturated rings. The number of carboxylic acid groups (broad SMARTS) is 3. The third-order valence-electron chi connectivity index (χ3n) is 5.64. The number of rotatable bonds is 4. The zero-order valence-corrected chi connectivity index (χ0v) is 22.6. The molecule has 2 atom stereocenters. The van der Waals surface area contributed by atoms with Gasteiger partial charge in [-0.15, -0.1) is 0 Å². The van der Waals surface area contributed by atoms with Gasteiger partial charge < -0.3 is 20.1 Å². The molecule has 2 aliphatic heterocycles. The number of hydrogen-bond acceptors (Lipinski definition) is 7. The summed E-state index contributed by atoms with van der Waals surface area (Å²) in [6.45, 7) is 5.11. The predicted octanol–water partition coefficient (Wildman–Crippen LogP) is 4.46. The van der Waals surface area contributed by atoms with Crippen LogP contribution in [0.5, 0.6) is 5.75 Å². The van der Waals surface area contributed by atoms with E-state index in [2.05, 4.69) is 26.9 Å². The number of nitrogens with zero attached hydrogens (tertiary/aromatic N) is 3. The van der Waals surface area contributed by atoms with Gasteiger partial charge in [0, 0.05) is 63.6 Å². The third-order valence-corrected chi connectivity index (χ3v) is 5.64. The van der Waals surface area contributed by atoms with E-state index in [-0.39, 0.29) is 11.9 Å². The zero-order valence-electron chi connectivity index (χ0n) is 22.6. The van der Waals surface area contributed by atoms with Crippen molar-refractivity contribution in [2.24, 2.45) is 0 Å². The molecule has 1 aromatic heterocycles. The first kappa shape index (κ1) is 38.8. The predicted molar refractivity (Wildman–Crippen MR) is 131 cm³/mol. The second-order valence-electron chi connectivity index (χ2n) is 9.08. The van der Waals surface area contributed by atoms with Crippen molar-refractivity contribution in [2.75, 3.05) is 26.2 Å².